The molecule has 7 heteroatoms. The highest BCUT2D eigenvalue weighted by atomic mass is 16.3. The van der Waals surface area contributed by atoms with E-state index in [0.29, 0.717) is 18.9 Å². The molecule has 2 heterocycles. The van der Waals surface area contributed by atoms with Crippen molar-refractivity contribution >= 4 is 5.91 Å². The molecule has 0 aliphatic carbocycles. The number of aromatic nitrogens is 4. The molecule has 1 amide bonds. The maximum atomic E-state index is 12.6. The molecule has 0 radical (unpaired) electrons. The van der Waals surface area contributed by atoms with E-state index in [4.69, 9.17) is 0 Å². The van der Waals surface area contributed by atoms with Crippen LogP contribution in [0.4, 0.5) is 0 Å². The number of aliphatic hydroxyl groups excluding tert-OH is 1. The zero-order valence-corrected chi connectivity index (χ0v) is 13.3. The lowest BCUT2D eigenvalue weighted by molar-refractivity contribution is -0.139. The van der Waals surface area contributed by atoms with Crippen molar-refractivity contribution < 1.29 is 9.90 Å². The molecule has 122 valence electrons. The zero-order valence-electron chi connectivity index (χ0n) is 13.3. The van der Waals surface area contributed by atoms with Crippen molar-refractivity contribution in [2.75, 3.05) is 13.1 Å². The summed E-state index contributed by atoms with van der Waals surface area (Å²) < 4.78 is 0. The van der Waals surface area contributed by atoms with Crippen LogP contribution in [-0.2, 0) is 4.79 Å². The molecule has 1 aliphatic heterocycles. The van der Waals surface area contributed by atoms with Gasteiger partial charge in [-0.15, -0.1) is 10.2 Å². The highest BCUT2D eigenvalue weighted by molar-refractivity contribution is 5.80. The highest BCUT2D eigenvalue weighted by Crippen LogP contribution is 2.20. The van der Waals surface area contributed by atoms with Gasteiger partial charge in [-0.25, -0.2) is 0 Å². The number of hydrogen-bond donors (Lipinski definition) is 1. The van der Waals surface area contributed by atoms with Gasteiger partial charge in [0, 0.05) is 18.7 Å². The van der Waals surface area contributed by atoms with E-state index < -0.39 is 12.1 Å². The molecule has 1 N–H and O–H groups in total. The summed E-state index contributed by atoms with van der Waals surface area (Å²) in [6.45, 7) is 4.77. The summed E-state index contributed by atoms with van der Waals surface area (Å²) in [6, 6.07) is 8.98. The number of β-amino-alcohol motifs (C(OH)–C–C–N with tert-alkyl or cyclic N) is 1. The number of likely N-dealkylation sites (tertiary alicyclic amines) is 1. The van der Waals surface area contributed by atoms with Gasteiger partial charge < -0.3 is 10.0 Å². The molecule has 1 fully saturated rings. The molecule has 3 unspecified atom stereocenters. The Morgan fingerprint density at radius 2 is 2.09 bits per heavy atom. The van der Waals surface area contributed by atoms with Crippen LogP contribution >= 0.6 is 0 Å². The number of nitrogens with zero attached hydrogens (tertiary/aromatic N) is 5. The summed E-state index contributed by atoms with van der Waals surface area (Å²) in [5.41, 5.74) is 0.862. The lowest BCUT2D eigenvalue weighted by Gasteiger charge is -2.35. The number of carbonyl (C=O) groups excluding carboxylic acids is 1. The number of hydrogen-bond acceptors (Lipinski definition) is 5. The maximum Gasteiger partial charge on any atom is 0.249 e. The first-order chi connectivity index (χ1) is 11.1. The van der Waals surface area contributed by atoms with Crippen molar-refractivity contribution in [3.8, 4) is 11.4 Å². The van der Waals surface area contributed by atoms with Crippen LogP contribution < -0.4 is 0 Å². The molecule has 1 aliphatic rings. The predicted octanol–water partition coefficient (Wildman–Crippen LogP) is 1.13. The highest BCUT2D eigenvalue weighted by Gasteiger charge is 2.31. The fraction of sp³-hybridized carbons (Fsp3) is 0.500. The molecular weight excluding hydrogens is 294 g/mol. The minimum atomic E-state index is -0.541. The van der Waals surface area contributed by atoms with Crippen molar-refractivity contribution in [3.05, 3.63) is 30.3 Å². The van der Waals surface area contributed by atoms with Gasteiger partial charge in [0.2, 0.25) is 11.7 Å². The molecule has 2 aromatic rings. The Kier molecular flexibility index (Phi) is 4.38. The molecule has 0 bridgehead atoms. The van der Waals surface area contributed by atoms with E-state index >= 15 is 0 Å². The third kappa shape index (κ3) is 3.24. The summed E-state index contributed by atoms with van der Waals surface area (Å²) in [5.74, 6) is 0.633. The Morgan fingerprint density at radius 1 is 1.35 bits per heavy atom. The standard InChI is InChI=1S/C16H21N5O2/c1-11-8-9-20(10-14(11)22)16(23)12(2)21-18-15(17-19-21)13-6-4-3-5-7-13/h3-7,11-12,14,22H,8-10H2,1-2H3. The Balaban J connectivity index is 1.72. The average molecular weight is 315 g/mol. The van der Waals surface area contributed by atoms with Crippen LogP contribution in [0.15, 0.2) is 30.3 Å². The van der Waals surface area contributed by atoms with Crippen LogP contribution in [0.2, 0.25) is 0 Å². The van der Waals surface area contributed by atoms with Crippen LogP contribution in [0.3, 0.4) is 0 Å². The SMILES string of the molecule is CC1CCN(C(=O)C(C)n2nnc(-c3ccccc3)n2)CC1O. The number of piperidine rings is 1. The molecule has 1 aromatic heterocycles. The van der Waals surface area contributed by atoms with E-state index in [1.165, 1.54) is 4.80 Å². The zero-order chi connectivity index (χ0) is 16.4. The minimum absolute atomic E-state index is 0.0899. The van der Waals surface area contributed by atoms with Gasteiger partial charge in [-0.2, -0.15) is 4.80 Å². The first kappa shape index (κ1) is 15.6. The van der Waals surface area contributed by atoms with E-state index in [2.05, 4.69) is 15.4 Å². The number of benzene rings is 1. The monoisotopic (exact) mass is 315 g/mol. The van der Waals surface area contributed by atoms with Gasteiger partial charge in [-0.1, -0.05) is 37.3 Å². The van der Waals surface area contributed by atoms with Gasteiger partial charge in [-0.05, 0) is 24.5 Å². The fourth-order valence-corrected chi connectivity index (χ4v) is 2.70. The molecule has 7 nitrogen and oxygen atoms in total. The van der Waals surface area contributed by atoms with Crippen molar-refractivity contribution in [1.82, 2.24) is 25.1 Å². The number of aliphatic hydroxyl groups is 1. The van der Waals surface area contributed by atoms with Crippen molar-refractivity contribution in [2.45, 2.75) is 32.4 Å². The average Bonchev–Trinajstić information content (AvgIpc) is 3.07. The fourth-order valence-electron chi connectivity index (χ4n) is 2.70. The van der Waals surface area contributed by atoms with Crippen molar-refractivity contribution in [1.29, 1.82) is 0 Å². The second-order valence-corrected chi connectivity index (χ2v) is 6.09. The normalized spacial score (nSPS) is 22.8. The predicted molar refractivity (Wildman–Crippen MR) is 84.3 cm³/mol. The van der Waals surface area contributed by atoms with Crippen LogP contribution in [0.25, 0.3) is 11.4 Å². The largest absolute Gasteiger partial charge is 0.391 e. The van der Waals surface area contributed by atoms with Gasteiger partial charge in [-0.3, -0.25) is 4.79 Å². The van der Waals surface area contributed by atoms with Crippen LogP contribution in [0.5, 0.6) is 0 Å². The Labute approximate surface area is 134 Å². The smallest absolute Gasteiger partial charge is 0.249 e. The Hall–Kier alpha value is -2.28. The van der Waals surface area contributed by atoms with E-state index in [1.807, 2.05) is 37.3 Å². The maximum absolute atomic E-state index is 12.6. The van der Waals surface area contributed by atoms with Crippen LogP contribution in [0.1, 0.15) is 26.3 Å². The molecule has 0 saturated carbocycles. The first-order valence-electron chi connectivity index (χ1n) is 7.88. The molecule has 3 atom stereocenters. The topological polar surface area (TPSA) is 84.1 Å². The summed E-state index contributed by atoms with van der Waals surface area (Å²) in [7, 11) is 0. The quantitative estimate of drug-likeness (QED) is 0.918. The number of rotatable bonds is 3. The van der Waals surface area contributed by atoms with E-state index in [9.17, 15) is 9.90 Å². The second kappa shape index (κ2) is 6.45. The summed E-state index contributed by atoms with van der Waals surface area (Å²) in [6.07, 6.45) is 0.336. The molecule has 1 aromatic carbocycles. The van der Waals surface area contributed by atoms with E-state index in [1.54, 1.807) is 11.8 Å². The molecule has 0 spiro atoms. The van der Waals surface area contributed by atoms with Gasteiger partial charge in [0.05, 0.1) is 6.10 Å². The molecule has 3 rings (SSSR count). The van der Waals surface area contributed by atoms with Gasteiger partial charge in [0.15, 0.2) is 0 Å². The number of tetrazole rings is 1. The van der Waals surface area contributed by atoms with Crippen LogP contribution in [-0.4, -0.2) is 55.3 Å². The summed E-state index contributed by atoms with van der Waals surface area (Å²) >= 11 is 0. The minimum Gasteiger partial charge on any atom is -0.391 e. The Bertz CT molecular complexity index is 672. The third-order valence-corrected chi connectivity index (χ3v) is 4.39. The summed E-state index contributed by atoms with van der Waals surface area (Å²) in [5, 5.41) is 22.3. The number of amides is 1. The van der Waals surface area contributed by atoms with Gasteiger partial charge in [0.25, 0.3) is 0 Å². The lowest BCUT2D eigenvalue weighted by atomic mass is 9.96. The first-order valence-corrected chi connectivity index (χ1v) is 7.88. The second-order valence-electron chi connectivity index (χ2n) is 6.09. The van der Waals surface area contributed by atoms with Crippen molar-refractivity contribution in [3.63, 3.8) is 0 Å². The third-order valence-electron chi connectivity index (χ3n) is 4.39. The van der Waals surface area contributed by atoms with Crippen LogP contribution in [0, 0.1) is 5.92 Å². The summed E-state index contributed by atoms with van der Waals surface area (Å²) in [4.78, 5) is 15.6. The number of carbonyl (C=O) groups is 1. The Morgan fingerprint density at radius 3 is 2.78 bits per heavy atom. The van der Waals surface area contributed by atoms with E-state index in [-0.39, 0.29) is 11.8 Å². The molecule has 1 saturated heterocycles. The molecular formula is C16H21N5O2. The lowest BCUT2D eigenvalue weighted by Crippen LogP contribution is -2.48. The van der Waals surface area contributed by atoms with E-state index in [0.717, 1.165) is 12.0 Å². The van der Waals surface area contributed by atoms with Crippen molar-refractivity contribution in [2.24, 2.45) is 5.92 Å². The molecule has 23 heavy (non-hydrogen) atoms. The van der Waals surface area contributed by atoms with Gasteiger partial charge in [0.1, 0.15) is 6.04 Å². The van der Waals surface area contributed by atoms with Gasteiger partial charge >= 0.3 is 0 Å².